The van der Waals surface area contributed by atoms with Gasteiger partial charge in [-0.2, -0.15) is 0 Å². The molecule has 0 spiro atoms. The summed E-state index contributed by atoms with van der Waals surface area (Å²) in [6.45, 7) is 6.86. The van der Waals surface area contributed by atoms with Gasteiger partial charge in [0, 0.05) is 43.5 Å². The number of hydrogen-bond donors (Lipinski definition) is 0. The van der Waals surface area contributed by atoms with Crippen LogP contribution < -0.4 is 4.90 Å². The molecule has 1 fully saturated rings. The molecule has 2 aromatic heterocycles. The fourth-order valence-corrected chi connectivity index (χ4v) is 3.27. The highest BCUT2D eigenvalue weighted by Gasteiger charge is 2.23. The van der Waals surface area contributed by atoms with Gasteiger partial charge in [-0.3, -0.25) is 9.36 Å². The molecule has 0 atom stereocenters. The van der Waals surface area contributed by atoms with Crippen LogP contribution in [0.3, 0.4) is 0 Å². The van der Waals surface area contributed by atoms with Crippen LogP contribution in [0.15, 0.2) is 49.1 Å². The van der Waals surface area contributed by atoms with Gasteiger partial charge in [-0.15, -0.1) is 0 Å². The van der Waals surface area contributed by atoms with Gasteiger partial charge in [-0.25, -0.2) is 15.0 Å². The standard InChI is InChI=1S/C20H22N6O/c1-15-16(2)26(14-23-15)19-12-18(21-13-22-19)24-8-10-25(11-9-24)20(27)17-6-4-3-5-7-17/h3-7,12-14H,8-11H2,1-2H3. The van der Waals surface area contributed by atoms with E-state index in [4.69, 9.17) is 0 Å². The average molecular weight is 362 g/mol. The van der Waals surface area contributed by atoms with Crippen LogP contribution in [0.5, 0.6) is 0 Å². The van der Waals surface area contributed by atoms with E-state index in [0.29, 0.717) is 13.1 Å². The highest BCUT2D eigenvalue weighted by molar-refractivity contribution is 5.94. The molecule has 0 saturated carbocycles. The Morgan fingerprint density at radius 2 is 1.63 bits per heavy atom. The number of piperazine rings is 1. The van der Waals surface area contributed by atoms with Crippen molar-refractivity contribution < 1.29 is 4.79 Å². The Morgan fingerprint density at radius 3 is 2.30 bits per heavy atom. The SMILES string of the molecule is Cc1ncn(-c2cc(N3CCN(C(=O)c4ccccc4)CC3)ncn2)c1C. The largest absolute Gasteiger partial charge is 0.353 e. The Kier molecular flexibility index (Phi) is 4.58. The minimum atomic E-state index is 0.0862. The molecular weight excluding hydrogens is 340 g/mol. The van der Waals surface area contributed by atoms with Crippen molar-refractivity contribution in [3.8, 4) is 5.82 Å². The number of nitrogens with zero attached hydrogens (tertiary/aromatic N) is 6. The molecule has 1 aliphatic rings. The predicted molar refractivity (Wildman–Crippen MR) is 103 cm³/mol. The first kappa shape index (κ1) is 17.2. The molecule has 0 aliphatic carbocycles. The van der Waals surface area contributed by atoms with E-state index in [2.05, 4.69) is 19.9 Å². The number of benzene rings is 1. The minimum absolute atomic E-state index is 0.0862. The van der Waals surface area contributed by atoms with Gasteiger partial charge in [0.25, 0.3) is 5.91 Å². The van der Waals surface area contributed by atoms with Crippen molar-refractivity contribution in [1.29, 1.82) is 0 Å². The number of anilines is 1. The molecule has 1 amide bonds. The molecule has 1 aromatic carbocycles. The van der Waals surface area contributed by atoms with E-state index >= 15 is 0 Å². The van der Waals surface area contributed by atoms with Crippen LogP contribution in [0.25, 0.3) is 5.82 Å². The lowest BCUT2D eigenvalue weighted by atomic mass is 10.2. The van der Waals surface area contributed by atoms with Crippen LogP contribution >= 0.6 is 0 Å². The Hall–Kier alpha value is -3.22. The van der Waals surface area contributed by atoms with Gasteiger partial charge < -0.3 is 9.80 Å². The van der Waals surface area contributed by atoms with Crippen LogP contribution in [0.1, 0.15) is 21.7 Å². The molecule has 0 N–H and O–H groups in total. The highest BCUT2D eigenvalue weighted by atomic mass is 16.2. The minimum Gasteiger partial charge on any atom is -0.353 e. The molecule has 3 aromatic rings. The first-order valence-corrected chi connectivity index (χ1v) is 9.06. The van der Waals surface area contributed by atoms with Crippen molar-refractivity contribution in [2.75, 3.05) is 31.1 Å². The molecule has 3 heterocycles. The van der Waals surface area contributed by atoms with E-state index in [1.807, 2.05) is 59.7 Å². The third-order valence-corrected chi connectivity index (χ3v) is 5.05. The van der Waals surface area contributed by atoms with Gasteiger partial charge in [-0.05, 0) is 26.0 Å². The molecule has 27 heavy (non-hydrogen) atoms. The lowest BCUT2D eigenvalue weighted by Crippen LogP contribution is -2.49. The molecule has 138 valence electrons. The Balaban J connectivity index is 1.46. The topological polar surface area (TPSA) is 67.2 Å². The second-order valence-corrected chi connectivity index (χ2v) is 6.67. The first-order chi connectivity index (χ1) is 13.1. The zero-order valence-electron chi connectivity index (χ0n) is 15.5. The molecule has 0 unspecified atom stereocenters. The summed E-state index contributed by atoms with van der Waals surface area (Å²) >= 11 is 0. The molecule has 7 nitrogen and oxygen atoms in total. The van der Waals surface area contributed by atoms with Gasteiger partial charge >= 0.3 is 0 Å². The predicted octanol–water partition coefficient (Wildman–Crippen LogP) is 2.24. The van der Waals surface area contributed by atoms with Crippen molar-refractivity contribution >= 4 is 11.7 Å². The van der Waals surface area contributed by atoms with Gasteiger partial charge in [0.15, 0.2) is 0 Å². The van der Waals surface area contributed by atoms with E-state index in [1.165, 1.54) is 0 Å². The molecular formula is C20H22N6O. The summed E-state index contributed by atoms with van der Waals surface area (Å²) in [6, 6.07) is 11.4. The van der Waals surface area contributed by atoms with Crippen LogP contribution in [-0.2, 0) is 0 Å². The van der Waals surface area contributed by atoms with E-state index in [0.717, 1.165) is 41.7 Å². The normalized spacial score (nSPS) is 14.4. The quantitative estimate of drug-likeness (QED) is 0.715. The summed E-state index contributed by atoms with van der Waals surface area (Å²) < 4.78 is 1.97. The summed E-state index contributed by atoms with van der Waals surface area (Å²) in [6.07, 6.45) is 3.37. The Morgan fingerprint density at radius 1 is 0.926 bits per heavy atom. The van der Waals surface area contributed by atoms with E-state index in [-0.39, 0.29) is 5.91 Å². The monoisotopic (exact) mass is 362 g/mol. The van der Waals surface area contributed by atoms with Crippen LogP contribution in [0.4, 0.5) is 5.82 Å². The van der Waals surface area contributed by atoms with Gasteiger partial charge in [0.05, 0.1) is 5.69 Å². The van der Waals surface area contributed by atoms with Crippen molar-refractivity contribution in [1.82, 2.24) is 24.4 Å². The Bertz CT molecular complexity index is 944. The van der Waals surface area contributed by atoms with Crippen LogP contribution in [0.2, 0.25) is 0 Å². The van der Waals surface area contributed by atoms with Crippen LogP contribution in [0, 0.1) is 13.8 Å². The van der Waals surface area contributed by atoms with E-state index in [1.54, 1.807) is 12.7 Å². The van der Waals surface area contributed by atoms with E-state index in [9.17, 15) is 4.79 Å². The average Bonchev–Trinajstić information content (AvgIpc) is 3.07. The summed E-state index contributed by atoms with van der Waals surface area (Å²) in [5.74, 6) is 1.77. The fraction of sp³-hybridized carbons (Fsp3) is 0.300. The van der Waals surface area contributed by atoms with Gasteiger partial charge in [-0.1, -0.05) is 18.2 Å². The molecule has 0 bridgehead atoms. The summed E-state index contributed by atoms with van der Waals surface area (Å²) in [5.41, 5.74) is 2.79. The number of aromatic nitrogens is 4. The third-order valence-electron chi connectivity index (χ3n) is 5.05. The maximum atomic E-state index is 12.6. The second-order valence-electron chi connectivity index (χ2n) is 6.67. The van der Waals surface area contributed by atoms with Crippen molar-refractivity contribution in [2.24, 2.45) is 0 Å². The summed E-state index contributed by atoms with van der Waals surface area (Å²) in [7, 11) is 0. The first-order valence-electron chi connectivity index (χ1n) is 9.06. The molecule has 1 aliphatic heterocycles. The second kappa shape index (κ2) is 7.19. The number of aryl methyl sites for hydroxylation is 1. The van der Waals surface area contributed by atoms with Crippen molar-refractivity contribution in [3.05, 3.63) is 66.0 Å². The van der Waals surface area contributed by atoms with Gasteiger partial charge in [0.1, 0.15) is 24.3 Å². The number of carbonyl (C=O) groups is 1. The highest BCUT2D eigenvalue weighted by Crippen LogP contribution is 2.18. The Labute approximate surface area is 158 Å². The lowest BCUT2D eigenvalue weighted by molar-refractivity contribution is 0.0746. The molecule has 0 radical (unpaired) electrons. The van der Waals surface area contributed by atoms with Crippen molar-refractivity contribution in [2.45, 2.75) is 13.8 Å². The molecule has 4 rings (SSSR count). The number of amides is 1. The zero-order chi connectivity index (χ0) is 18.8. The third kappa shape index (κ3) is 3.40. The number of imidazole rings is 1. The number of carbonyl (C=O) groups excluding carboxylic acids is 1. The maximum Gasteiger partial charge on any atom is 0.253 e. The summed E-state index contributed by atoms with van der Waals surface area (Å²) in [5, 5.41) is 0. The fourth-order valence-electron chi connectivity index (χ4n) is 3.27. The van der Waals surface area contributed by atoms with Crippen LogP contribution in [-0.4, -0.2) is 56.5 Å². The van der Waals surface area contributed by atoms with E-state index < -0.39 is 0 Å². The number of rotatable bonds is 3. The smallest absolute Gasteiger partial charge is 0.253 e. The molecule has 1 saturated heterocycles. The lowest BCUT2D eigenvalue weighted by Gasteiger charge is -2.35. The maximum absolute atomic E-state index is 12.6. The molecule has 7 heteroatoms. The summed E-state index contributed by atoms with van der Waals surface area (Å²) in [4.78, 5) is 29.8. The number of hydrogen-bond acceptors (Lipinski definition) is 5. The van der Waals surface area contributed by atoms with Gasteiger partial charge in [0.2, 0.25) is 0 Å². The zero-order valence-corrected chi connectivity index (χ0v) is 15.5. The van der Waals surface area contributed by atoms with Crippen molar-refractivity contribution in [3.63, 3.8) is 0 Å².